The molecule has 0 spiro atoms. The number of carbonyl (C=O) groups excluding carboxylic acids is 2. The molecule has 100 valence electrons. The van der Waals surface area contributed by atoms with E-state index in [1.807, 2.05) is 25.1 Å². The van der Waals surface area contributed by atoms with Crippen molar-refractivity contribution in [3.63, 3.8) is 0 Å². The summed E-state index contributed by atoms with van der Waals surface area (Å²) in [7, 11) is 0. The van der Waals surface area contributed by atoms with Crippen molar-refractivity contribution < 1.29 is 40.6 Å². The number of hydrogen-bond donors (Lipinski definition) is 1. The Morgan fingerprint density at radius 1 is 1.45 bits per heavy atom. The van der Waals surface area contributed by atoms with Gasteiger partial charge in [0.2, 0.25) is 5.91 Å². The van der Waals surface area contributed by atoms with Crippen LogP contribution in [0.4, 0.5) is 0 Å². The largest absolute Gasteiger partial charge is 1.00 e. The molecule has 1 aliphatic heterocycles. The Kier molecular flexibility index (Phi) is 4.69. The number of rotatable bonds is 1. The van der Waals surface area contributed by atoms with Gasteiger partial charge in [-0.15, -0.1) is 0 Å². The van der Waals surface area contributed by atoms with Gasteiger partial charge in [0.05, 0.1) is 11.2 Å². The summed E-state index contributed by atoms with van der Waals surface area (Å²) >= 11 is 3.43. The van der Waals surface area contributed by atoms with Crippen molar-refractivity contribution in [3.8, 4) is 0 Å². The Hall–Kier alpha value is -0.690. The standard InChI is InChI=1S/C13H12BrN3O2.Na.H/c1-7-9-6-8(14)2-3-10(9)17(16-7)11-4-5-12(18)15-13(11)19;;/h2-3,6,11H,4-5H2,1H3,(H,15,18,19);;/q;+1;-1. The first-order valence-electron chi connectivity index (χ1n) is 6.04. The zero-order chi connectivity index (χ0) is 13.6. The number of piperidine rings is 1. The number of nitrogens with one attached hydrogen (secondary N) is 1. The molecule has 20 heavy (non-hydrogen) atoms. The first kappa shape index (κ1) is 15.7. The van der Waals surface area contributed by atoms with Crippen molar-refractivity contribution in [2.45, 2.75) is 25.8 Å². The summed E-state index contributed by atoms with van der Waals surface area (Å²) in [5.41, 5.74) is 1.79. The van der Waals surface area contributed by atoms with Gasteiger partial charge in [0, 0.05) is 16.3 Å². The van der Waals surface area contributed by atoms with E-state index in [-0.39, 0.29) is 42.8 Å². The van der Waals surface area contributed by atoms with Crippen LogP contribution in [0, 0.1) is 6.92 Å². The molecule has 1 saturated heterocycles. The molecule has 0 aliphatic carbocycles. The van der Waals surface area contributed by atoms with Gasteiger partial charge < -0.3 is 1.43 Å². The van der Waals surface area contributed by atoms with Crippen LogP contribution in [0.2, 0.25) is 0 Å². The molecule has 1 fully saturated rings. The molecule has 1 aliphatic rings. The van der Waals surface area contributed by atoms with E-state index >= 15 is 0 Å². The van der Waals surface area contributed by atoms with Gasteiger partial charge in [-0.05, 0) is 31.5 Å². The number of nitrogens with zero attached hydrogens (tertiary/aromatic N) is 2. The summed E-state index contributed by atoms with van der Waals surface area (Å²) in [6, 6.07) is 5.43. The van der Waals surface area contributed by atoms with Gasteiger partial charge in [-0.3, -0.25) is 19.6 Å². The van der Waals surface area contributed by atoms with Crippen LogP contribution in [-0.2, 0) is 9.59 Å². The summed E-state index contributed by atoms with van der Waals surface area (Å²) in [6.07, 6.45) is 0.851. The summed E-state index contributed by atoms with van der Waals surface area (Å²) < 4.78 is 2.70. The van der Waals surface area contributed by atoms with E-state index in [9.17, 15) is 9.59 Å². The van der Waals surface area contributed by atoms with Crippen LogP contribution in [0.25, 0.3) is 10.9 Å². The molecule has 2 heterocycles. The Morgan fingerprint density at radius 2 is 2.20 bits per heavy atom. The summed E-state index contributed by atoms with van der Waals surface area (Å²) in [5.74, 6) is -0.485. The molecule has 5 nitrogen and oxygen atoms in total. The van der Waals surface area contributed by atoms with E-state index in [1.54, 1.807) is 4.68 Å². The van der Waals surface area contributed by atoms with E-state index < -0.39 is 6.04 Å². The summed E-state index contributed by atoms with van der Waals surface area (Å²) in [6.45, 7) is 1.91. The van der Waals surface area contributed by atoms with Gasteiger partial charge >= 0.3 is 29.6 Å². The fourth-order valence-electron chi connectivity index (χ4n) is 2.42. The molecule has 2 amide bonds. The summed E-state index contributed by atoms with van der Waals surface area (Å²) in [5, 5.41) is 7.83. The molecule has 1 N–H and O–H groups in total. The second-order valence-electron chi connectivity index (χ2n) is 4.66. The molecule has 7 heteroatoms. The minimum absolute atomic E-state index is 0. The molecule has 0 radical (unpaired) electrons. The van der Waals surface area contributed by atoms with Crippen LogP contribution in [0.15, 0.2) is 22.7 Å². The maximum atomic E-state index is 11.9. The van der Waals surface area contributed by atoms with E-state index in [4.69, 9.17) is 0 Å². The molecule has 1 aromatic heterocycles. The molecular formula is C13H13BrN3NaO2. The zero-order valence-electron chi connectivity index (χ0n) is 12.3. The van der Waals surface area contributed by atoms with Gasteiger partial charge in [-0.2, -0.15) is 5.10 Å². The van der Waals surface area contributed by atoms with Crippen molar-refractivity contribution in [2.24, 2.45) is 0 Å². The molecule has 2 aromatic rings. The maximum Gasteiger partial charge on any atom is 1.00 e. The fourth-order valence-corrected chi connectivity index (χ4v) is 2.78. The monoisotopic (exact) mass is 345 g/mol. The Morgan fingerprint density at radius 3 is 2.90 bits per heavy atom. The third kappa shape index (κ3) is 2.70. The normalized spacial score (nSPS) is 18.8. The SMILES string of the molecule is Cc1nn(C2CCC(=O)NC2=O)c2ccc(Br)cc12.[H-].[Na+]. The third-order valence-electron chi connectivity index (χ3n) is 3.36. The van der Waals surface area contributed by atoms with Crippen LogP contribution in [0.3, 0.4) is 0 Å². The van der Waals surface area contributed by atoms with Crippen molar-refractivity contribution in [1.82, 2.24) is 15.1 Å². The Labute approximate surface area is 148 Å². The van der Waals surface area contributed by atoms with Crippen molar-refractivity contribution in [3.05, 3.63) is 28.4 Å². The van der Waals surface area contributed by atoms with Crippen molar-refractivity contribution >= 4 is 38.6 Å². The van der Waals surface area contributed by atoms with Crippen LogP contribution >= 0.6 is 15.9 Å². The van der Waals surface area contributed by atoms with E-state index in [1.165, 1.54) is 0 Å². The van der Waals surface area contributed by atoms with Crippen molar-refractivity contribution in [2.75, 3.05) is 0 Å². The predicted octanol–water partition coefficient (Wildman–Crippen LogP) is -0.799. The average Bonchev–Trinajstić information content (AvgIpc) is 2.66. The van der Waals surface area contributed by atoms with E-state index in [0.717, 1.165) is 21.1 Å². The number of benzene rings is 1. The minimum Gasteiger partial charge on any atom is -1.00 e. The van der Waals surface area contributed by atoms with Gasteiger partial charge in [-0.1, -0.05) is 15.9 Å². The predicted molar refractivity (Wildman–Crippen MR) is 74.7 cm³/mol. The fraction of sp³-hybridized carbons (Fsp3) is 0.308. The van der Waals surface area contributed by atoms with Gasteiger partial charge in [0.25, 0.3) is 5.91 Å². The average molecular weight is 346 g/mol. The Bertz CT molecular complexity index is 704. The molecule has 0 saturated carbocycles. The van der Waals surface area contributed by atoms with Crippen LogP contribution < -0.4 is 34.9 Å². The molecule has 1 unspecified atom stereocenters. The molecule has 3 rings (SSSR count). The zero-order valence-corrected chi connectivity index (χ0v) is 14.9. The molecular weight excluding hydrogens is 333 g/mol. The first-order valence-corrected chi connectivity index (χ1v) is 6.83. The quantitative estimate of drug-likeness (QED) is 0.543. The van der Waals surface area contributed by atoms with Gasteiger partial charge in [0.15, 0.2) is 0 Å². The summed E-state index contributed by atoms with van der Waals surface area (Å²) in [4.78, 5) is 23.1. The van der Waals surface area contributed by atoms with Crippen molar-refractivity contribution in [1.29, 1.82) is 0 Å². The van der Waals surface area contributed by atoms with Crippen LogP contribution in [0.5, 0.6) is 0 Å². The number of imide groups is 1. The second-order valence-corrected chi connectivity index (χ2v) is 5.57. The van der Waals surface area contributed by atoms with E-state index in [0.29, 0.717) is 12.8 Å². The van der Waals surface area contributed by atoms with Crippen LogP contribution in [0.1, 0.15) is 26.0 Å². The van der Waals surface area contributed by atoms with Gasteiger partial charge in [-0.25, -0.2) is 0 Å². The molecule has 0 bridgehead atoms. The first-order chi connectivity index (χ1) is 9.06. The number of hydrogen-bond acceptors (Lipinski definition) is 3. The number of halogens is 1. The van der Waals surface area contributed by atoms with Crippen LogP contribution in [-0.4, -0.2) is 21.6 Å². The number of fused-ring (bicyclic) bond motifs is 1. The Balaban J connectivity index is 0.00000110. The number of aryl methyl sites for hydroxylation is 1. The topological polar surface area (TPSA) is 64.0 Å². The second kappa shape index (κ2) is 5.97. The number of carbonyl (C=O) groups is 2. The third-order valence-corrected chi connectivity index (χ3v) is 3.85. The molecule has 1 aromatic carbocycles. The maximum absolute atomic E-state index is 11.9. The number of aromatic nitrogens is 2. The number of amides is 2. The minimum atomic E-state index is -0.407. The van der Waals surface area contributed by atoms with E-state index in [2.05, 4.69) is 26.3 Å². The van der Waals surface area contributed by atoms with Gasteiger partial charge in [0.1, 0.15) is 6.04 Å². The smallest absolute Gasteiger partial charge is 1.00 e. The molecule has 1 atom stereocenters.